The van der Waals surface area contributed by atoms with Gasteiger partial charge in [0.1, 0.15) is 0 Å². The van der Waals surface area contributed by atoms with Gasteiger partial charge in [0, 0.05) is 12.6 Å². The standard InChI is InChI=1S/C14H19NO2/c1-11(9-12-5-3-2-4-6-12)15-8-7-13(10-15)14(16)17/h2-6,11,13H,7-10H2,1H3,(H,16,17)/t11-,13-/m1/s1. The van der Waals surface area contributed by atoms with Crippen LogP contribution in [0.2, 0.25) is 0 Å². The van der Waals surface area contributed by atoms with Crippen LogP contribution in [0.3, 0.4) is 0 Å². The topological polar surface area (TPSA) is 40.5 Å². The van der Waals surface area contributed by atoms with E-state index in [1.807, 2.05) is 18.2 Å². The summed E-state index contributed by atoms with van der Waals surface area (Å²) in [7, 11) is 0. The molecule has 0 amide bonds. The van der Waals surface area contributed by atoms with E-state index in [2.05, 4.69) is 24.0 Å². The van der Waals surface area contributed by atoms with Crippen molar-refractivity contribution in [3.63, 3.8) is 0 Å². The van der Waals surface area contributed by atoms with Crippen LogP contribution >= 0.6 is 0 Å². The van der Waals surface area contributed by atoms with Gasteiger partial charge >= 0.3 is 5.97 Å². The Morgan fingerprint density at radius 3 is 2.76 bits per heavy atom. The number of nitrogens with zero attached hydrogens (tertiary/aromatic N) is 1. The molecule has 0 bridgehead atoms. The molecule has 1 saturated heterocycles. The van der Waals surface area contributed by atoms with Gasteiger partial charge in [-0.3, -0.25) is 9.69 Å². The summed E-state index contributed by atoms with van der Waals surface area (Å²) in [6.45, 7) is 3.78. The third-order valence-electron chi connectivity index (χ3n) is 3.57. The Hall–Kier alpha value is -1.35. The number of aliphatic carboxylic acids is 1. The number of likely N-dealkylation sites (tertiary alicyclic amines) is 1. The zero-order valence-electron chi connectivity index (χ0n) is 10.2. The fourth-order valence-corrected chi connectivity index (χ4v) is 2.47. The summed E-state index contributed by atoms with van der Waals surface area (Å²) in [5.41, 5.74) is 1.32. The molecule has 0 aliphatic carbocycles. The molecule has 17 heavy (non-hydrogen) atoms. The molecule has 0 aromatic heterocycles. The van der Waals surface area contributed by atoms with Gasteiger partial charge in [-0.25, -0.2) is 0 Å². The van der Waals surface area contributed by atoms with E-state index in [9.17, 15) is 4.79 Å². The third-order valence-corrected chi connectivity index (χ3v) is 3.57. The Labute approximate surface area is 102 Å². The van der Waals surface area contributed by atoms with Crippen LogP contribution in [-0.4, -0.2) is 35.1 Å². The summed E-state index contributed by atoms with van der Waals surface area (Å²) in [5, 5.41) is 8.98. The monoisotopic (exact) mass is 233 g/mol. The molecule has 0 saturated carbocycles. The highest BCUT2D eigenvalue weighted by atomic mass is 16.4. The van der Waals surface area contributed by atoms with Gasteiger partial charge in [0.2, 0.25) is 0 Å². The molecule has 2 rings (SSSR count). The first-order valence-electron chi connectivity index (χ1n) is 6.17. The summed E-state index contributed by atoms with van der Waals surface area (Å²) in [4.78, 5) is 13.2. The number of carboxylic acids is 1. The van der Waals surface area contributed by atoms with Crippen molar-refractivity contribution in [1.82, 2.24) is 4.90 Å². The zero-order valence-corrected chi connectivity index (χ0v) is 10.2. The Morgan fingerprint density at radius 1 is 1.47 bits per heavy atom. The molecule has 1 aliphatic rings. The van der Waals surface area contributed by atoms with E-state index in [1.165, 1.54) is 5.56 Å². The lowest BCUT2D eigenvalue weighted by atomic mass is 10.1. The van der Waals surface area contributed by atoms with Crippen LogP contribution in [0, 0.1) is 5.92 Å². The Balaban J connectivity index is 1.89. The van der Waals surface area contributed by atoms with Crippen molar-refractivity contribution in [3.8, 4) is 0 Å². The van der Waals surface area contributed by atoms with Gasteiger partial charge in [0.05, 0.1) is 5.92 Å². The van der Waals surface area contributed by atoms with E-state index in [4.69, 9.17) is 5.11 Å². The van der Waals surface area contributed by atoms with Gasteiger partial charge in [-0.1, -0.05) is 30.3 Å². The predicted octanol–water partition coefficient (Wildman–Crippen LogP) is 2.02. The Kier molecular flexibility index (Phi) is 3.79. The quantitative estimate of drug-likeness (QED) is 0.865. The molecule has 1 heterocycles. The SMILES string of the molecule is C[C@H](Cc1ccccc1)N1CC[C@@H](C(=O)O)C1. The van der Waals surface area contributed by atoms with Crippen molar-refractivity contribution in [2.75, 3.05) is 13.1 Å². The lowest BCUT2D eigenvalue weighted by Gasteiger charge is -2.24. The van der Waals surface area contributed by atoms with Gasteiger partial charge in [-0.2, -0.15) is 0 Å². The number of carbonyl (C=O) groups is 1. The maximum atomic E-state index is 10.9. The first kappa shape index (κ1) is 12.1. The van der Waals surface area contributed by atoms with E-state index in [1.54, 1.807) is 0 Å². The van der Waals surface area contributed by atoms with Crippen LogP contribution in [0.5, 0.6) is 0 Å². The summed E-state index contributed by atoms with van der Waals surface area (Å²) >= 11 is 0. The number of carboxylic acid groups (broad SMARTS) is 1. The van der Waals surface area contributed by atoms with E-state index in [-0.39, 0.29) is 5.92 Å². The molecule has 2 atom stereocenters. The molecule has 1 N–H and O–H groups in total. The van der Waals surface area contributed by atoms with Crippen LogP contribution in [0.1, 0.15) is 18.9 Å². The molecular weight excluding hydrogens is 214 g/mol. The summed E-state index contributed by atoms with van der Waals surface area (Å²) in [5.74, 6) is -0.826. The summed E-state index contributed by atoms with van der Waals surface area (Å²) < 4.78 is 0. The highest BCUT2D eigenvalue weighted by Gasteiger charge is 2.30. The maximum Gasteiger partial charge on any atom is 0.307 e. The maximum absolute atomic E-state index is 10.9. The minimum atomic E-state index is -0.653. The van der Waals surface area contributed by atoms with Crippen LogP contribution < -0.4 is 0 Å². The van der Waals surface area contributed by atoms with Crippen molar-refractivity contribution in [1.29, 1.82) is 0 Å². The van der Waals surface area contributed by atoms with Crippen LogP contribution in [0.4, 0.5) is 0 Å². The molecule has 3 heteroatoms. The lowest BCUT2D eigenvalue weighted by Crippen LogP contribution is -2.33. The Bertz CT molecular complexity index is 377. The zero-order chi connectivity index (χ0) is 12.3. The van der Waals surface area contributed by atoms with Crippen molar-refractivity contribution in [2.24, 2.45) is 5.92 Å². The van der Waals surface area contributed by atoms with Crippen molar-refractivity contribution >= 4 is 5.97 Å². The van der Waals surface area contributed by atoms with Gasteiger partial charge in [0.15, 0.2) is 0 Å². The molecule has 1 aromatic carbocycles. The number of hydrogen-bond acceptors (Lipinski definition) is 2. The molecule has 0 radical (unpaired) electrons. The highest BCUT2D eigenvalue weighted by molar-refractivity contribution is 5.70. The molecule has 1 fully saturated rings. The van der Waals surface area contributed by atoms with Gasteiger partial charge in [0.25, 0.3) is 0 Å². The average molecular weight is 233 g/mol. The van der Waals surface area contributed by atoms with Crippen molar-refractivity contribution in [2.45, 2.75) is 25.8 Å². The first-order valence-corrected chi connectivity index (χ1v) is 6.17. The number of hydrogen-bond donors (Lipinski definition) is 1. The number of benzene rings is 1. The molecular formula is C14H19NO2. The summed E-state index contributed by atoms with van der Waals surface area (Å²) in [6.07, 6.45) is 1.78. The van der Waals surface area contributed by atoms with Gasteiger partial charge in [-0.15, -0.1) is 0 Å². The molecule has 0 spiro atoms. The lowest BCUT2D eigenvalue weighted by molar-refractivity contribution is -0.141. The second-order valence-corrected chi connectivity index (χ2v) is 4.86. The third kappa shape index (κ3) is 3.07. The first-order chi connectivity index (χ1) is 8.16. The highest BCUT2D eigenvalue weighted by Crippen LogP contribution is 2.20. The molecule has 0 unspecified atom stereocenters. The fraction of sp³-hybridized carbons (Fsp3) is 0.500. The minimum Gasteiger partial charge on any atom is -0.481 e. The second kappa shape index (κ2) is 5.32. The number of rotatable bonds is 4. The molecule has 1 aromatic rings. The summed E-state index contributed by atoms with van der Waals surface area (Å²) in [6, 6.07) is 10.8. The molecule has 3 nitrogen and oxygen atoms in total. The van der Waals surface area contributed by atoms with E-state index in [0.717, 1.165) is 19.4 Å². The fourth-order valence-electron chi connectivity index (χ4n) is 2.47. The van der Waals surface area contributed by atoms with Crippen LogP contribution in [-0.2, 0) is 11.2 Å². The largest absolute Gasteiger partial charge is 0.481 e. The second-order valence-electron chi connectivity index (χ2n) is 4.86. The normalized spacial score (nSPS) is 22.5. The van der Waals surface area contributed by atoms with Crippen molar-refractivity contribution in [3.05, 3.63) is 35.9 Å². The van der Waals surface area contributed by atoms with E-state index < -0.39 is 5.97 Å². The molecule has 92 valence electrons. The molecule has 1 aliphatic heterocycles. The van der Waals surface area contributed by atoms with E-state index in [0.29, 0.717) is 12.6 Å². The van der Waals surface area contributed by atoms with Crippen molar-refractivity contribution < 1.29 is 9.90 Å². The smallest absolute Gasteiger partial charge is 0.307 e. The minimum absolute atomic E-state index is 0.173. The van der Waals surface area contributed by atoms with Crippen LogP contribution in [0.15, 0.2) is 30.3 Å². The Morgan fingerprint density at radius 2 is 2.18 bits per heavy atom. The van der Waals surface area contributed by atoms with Gasteiger partial charge < -0.3 is 5.11 Å². The average Bonchev–Trinajstić information content (AvgIpc) is 2.79. The van der Waals surface area contributed by atoms with E-state index >= 15 is 0 Å². The predicted molar refractivity (Wildman–Crippen MR) is 66.9 cm³/mol. The van der Waals surface area contributed by atoms with Gasteiger partial charge in [-0.05, 0) is 31.9 Å². The van der Waals surface area contributed by atoms with Crippen LogP contribution in [0.25, 0.3) is 0 Å².